The second kappa shape index (κ2) is 4.50. The molecule has 2 rings (SSSR count). The van der Waals surface area contributed by atoms with E-state index >= 15 is 0 Å². The van der Waals surface area contributed by atoms with Crippen molar-refractivity contribution >= 4 is 11.6 Å². The average Bonchev–Trinajstić information content (AvgIpc) is 2.70. The van der Waals surface area contributed by atoms with Gasteiger partial charge in [0.05, 0.1) is 5.02 Å². The first-order valence-corrected chi connectivity index (χ1v) is 5.79. The summed E-state index contributed by atoms with van der Waals surface area (Å²) >= 11 is 5.79. The van der Waals surface area contributed by atoms with E-state index in [2.05, 4.69) is 12.2 Å². The van der Waals surface area contributed by atoms with Crippen molar-refractivity contribution in [3.8, 4) is 0 Å². The van der Waals surface area contributed by atoms with E-state index in [1.165, 1.54) is 0 Å². The fraction of sp³-hybridized carbons (Fsp3) is 0.500. The molecular formula is C12H15ClFN. The zero-order valence-corrected chi connectivity index (χ0v) is 9.52. The largest absolute Gasteiger partial charge is 0.313 e. The first-order chi connectivity index (χ1) is 7.24. The Kier molecular flexibility index (Phi) is 3.27. The molecule has 0 saturated carbocycles. The normalized spacial score (nSPS) is 25.8. The molecule has 1 aliphatic heterocycles. The first-order valence-electron chi connectivity index (χ1n) is 5.41. The van der Waals surface area contributed by atoms with Gasteiger partial charge in [-0.1, -0.05) is 30.7 Å². The molecule has 82 valence electrons. The molecule has 1 heterocycles. The molecule has 1 N–H and O–H groups in total. The Hall–Kier alpha value is -0.600. The maximum absolute atomic E-state index is 13.8. The number of hydrogen-bond donors (Lipinski definition) is 1. The fourth-order valence-electron chi connectivity index (χ4n) is 2.38. The summed E-state index contributed by atoms with van der Waals surface area (Å²) in [5.74, 6) is 0.0278. The van der Waals surface area contributed by atoms with E-state index < -0.39 is 0 Å². The van der Waals surface area contributed by atoms with E-state index in [1.807, 2.05) is 12.1 Å². The van der Waals surface area contributed by atoms with Gasteiger partial charge in [-0.3, -0.25) is 0 Å². The van der Waals surface area contributed by atoms with Gasteiger partial charge in [0.1, 0.15) is 5.82 Å². The molecule has 1 fully saturated rings. The molecular weight excluding hydrogens is 213 g/mol. The van der Waals surface area contributed by atoms with Crippen LogP contribution in [0.15, 0.2) is 18.2 Å². The van der Waals surface area contributed by atoms with Gasteiger partial charge >= 0.3 is 0 Å². The summed E-state index contributed by atoms with van der Waals surface area (Å²) in [7, 11) is 0. The highest BCUT2D eigenvalue weighted by Crippen LogP contribution is 2.33. The van der Waals surface area contributed by atoms with Crippen LogP contribution in [-0.4, -0.2) is 12.6 Å². The van der Waals surface area contributed by atoms with Gasteiger partial charge in [0, 0.05) is 12.0 Å². The van der Waals surface area contributed by atoms with Crippen molar-refractivity contribution in [1.82, 2.24) is 5.32 Å². The lowest BCUT2D eigenvalue weighted by Gasteiger charge is -2.19. The van der Waals surface area contributed by atoms with Crippen LogP contribution in [0.4, 0.5) is 4.39 Å². The van der Waals surface area contributed by atoms with Crippen LogP contribution in [0.25, 0.3) is 0 Å². The second-order valence-electron chi connectivity index (χ2n) is 4.01. The lowest BCUT2D eigenvalue weighted by Crippen LogP contribution is -2.25. The van der Waals surface area contributed by atoms with Gasteiger partial charge in [-0.25, -0.2) is 4.39 Å². The highest BCUT2D eigenvalue weighted by Gasteiger charge is 2.29. The van der Waals surface area contributed by atoms with Gasteiger partial charge < -0.3 is 5.32 Å². The van der Waals surface area contributed by atoms with Crippen LogP contribution in [0.2, 0.25) is 5.02 Å². The molecule has 15 heavy (non-hydrogen) atoms. The van der Waals surface area contributed by atoms with Gasteiger partial charge in [0.15, 0.2) is 0 Å². The summed E-state index contributed by atoms with van der Waals surface area (Å²) in [5, 5.41) is 3.62. The second-order valence-corrected chi connectivity index (χ2v) is 4.41. The van der Waals surface area contributed by atoms with Crippen LogP contribution >= 0.6 is 11.6 Å². The number of halogens is 2. The molecule has 1 aromatic rings. The predicted octanol–water partition coefficient (Wildman–Crippen LogP) is 3.33. The summed E-state index contributed by atoms with van der Waals surface area (Å²) in [5.41, 5.74) is 0.763. The fourth-order valence-corrected chi connectivity index (χ4v) is 2.56. The average molecular weight is 228 g/mol. The van der Waals surface area contributed by atoms with Crippen molar-refractivity contribution < 1.29 is 4.39 Å². The number of hydrogen-bond acceptors (Lipinski definition) is 1. The standard InChI is InChI=1S/C12H15ClFN/c1-2-11-8(6-7-15-11)9-4-3-5-10(13)12(9)14/h3-5,8,11,15H,2,6-7H2,1H3. The van der Waals surface area contributed by atoms with Crippen molar-refractivity contribution in [2.45, 2.75) is 31.7 Å². The Morgan fingerprint density at radius 2 is 2.33 bits per heavy atom. The van der Waals surface area contributed by atoms with Gasteiger partial charge in [-0.15, -0.1) is 0 Å². The summed E-state index contributed by atoms with van der Waals surface area (Å²) in [4.78, 5) is 0. The molecule has 1 aliphatic rings. The van der Waals surface area contributed by atoms with E-state index in [9.17, 15) is 4.39 Å². The molecule has 0 spiro atoms. The van der Waals surface area contributed by atoms with Gasteiger partial charge in [0.25, 0.3) is 0 Å². The maximum atomic E-state index is 13.8. The molecule has 1 saturated heterocycles. The minimum absolute atomic E-state index is 0.231. The summed E-state index contributed by atoms with van der Waals surface area (Å²) < 4.78 is 13.8. The first kappa shape index (κ1) is 10.9. The molecule has 1 aromatic carbocycles. The summed E-state index contributed by atoms with van der Waals surface area (Å²) in [6, 6.07) is 5.66. The monoisotopic (exact) mass is 227 g/mol. The van der Waals surface area contributed by atoms with E-state index in [0.717, 1.165) is 24.9 Å². The summed E-state index contributed by atoms with van der Waals surface area (Å²) in [6.07, 6.45) is 2.02. The van der Waals surface area contributed by atoms with Crippen LogP contribution in [0.1, 0.15) is 31.2 Å². The van der Waals surface area contributed by atoms with E-state index in [4.69, 9.17) is 11.6 Å². The Labute approximate surface area is 94.6 Å². The lowest BCUT2D eigenvalue weighted by molar-refractivity contribution is 0.505. The zero-order chi connectivity index (χ0) is 10.8. The van der Waals surface area contributed by atoms with Crippen molar-refractivity contribution in [1.29, 1.82) is 0 Å². The van der Waals surface area contributed by atoms with Crippen molar-refractivity contribution in [2.75, 3.05) is 6.54 Å². The minimum Gasteiger partial charge on any atom is -0.313 e. The van der Waals surface area contributed by atoms with E-state index in [0.29, 0.717) is 6.04 Å². The third kappa shape index (κ3) is 2.01. The quantitative estimate of drug-likeness (QED) is 0.817. The SMILES string of the molecule is CCC1NCCC1c1cccc(Cl)c1F. The van der Waals surface area contributed by atoms with Gasteiger partial charge in [-0.2, -0.15) is 0 Å². The summed E-state index contributed by atoms with van der Waals surface area (Å²) in [6.45, 7) is 3.09. The molecule has 2 unspecified atom stereocenters. The molecule has 2 atom stereocenters. The molecule has 0 radical (unpaired) electrons. The molecule has 0 bridgehead atoms. The third-order valence-corrected chi connectivity index (χ3v) is 3.46. The van der Waals surface area contributed by atoms with Crippen LogP contribution < -0.4 is 5.32 Å². The Bertz CT molecular complexity index is 353. The van der Waals surface area contributed by atoms with Gasteiger partial charge in [-0.05, 0) is 31.0 Å². The molecule has 1 nitrogen and oxygen atoms in total. The van der Waals surface area contributed by atoms with Gasteiger partial charge in [0.2, 0.25) is 0 Å². The Morgan fingerprint density at radius 1 is 1.53 bits per heavy atom. The van der Waals surface area contributed by atoms with Crippen LogP contribution in [-0.2, 0) is 0 Å². The van der Waals surface area contributed by atoms with E-state index in [-0.39, 0.29) is 16.8 Å². The number of benzene rings is 1. The highest BCUT2D eigenvalue weighted by atomic mass is 35.5. The zero-order valence-electron chi connectivity index (χ0n) is 8.76. The molecule has 0 aliphatic carbocycles. The smallest absolute Gasteiger partial charge is 0.145 e. The molecule has 0 aromatic heterocycles. The van der Waals surface area contributed by atoms with E-state index in [1.54, 1.807) is 6.07 Å². The lowest BCUT2D eigenvalue weighted by atomic mass is 9.90. The van der Waals surface area contributed by atoms with Crippen LogP contribution in [0.3, 0.4) is 0 Å². The van der Waals surface area contributed by atoms with Crippen molar-refractivity contribution in [3.05, 3.63) is 34.6 Å². The number of rotatable bonds is 2. The minimum atomic E-state index is -0.244. The van der Waals surface area contributed by atoms with Crippen molar-refractivity contribution in [3.63, 3.8) is 0 Å². The Balaban J connectivity index is 2.32. The van der Waals surface area contributed by atoms with Crippen molar-refractivity contribution in [2.24, 2.45) is 0 Å². The topological polar surface area (TPSA) is 12.0 Å². The highest BCUT2D eigenvalue weighted by molar-refractivity contribution is 6.30. The predicted molar refractivity (Wildman–Crippen MR) is 60.8 cm³/mol. The molecule has 0 amide bonds. The Morgan fingerprint density at radius 3 is 3.07 bits per heavy atom. The molecule has 3 heteroatoms. The van der Waals surface area contributed by atoms with Crippen LogP contribution in [0, 0.1) is 5.82 Å². The number of nitrogens with one attached hydrogen (secondary N) is 1. The third-order valence-electron chi connectivity index (χ3n) is 3.17. The maximum Gasteiger partial charge on any atom is 0.145 e. The van der Waals surface area contributed by atoms with Crippen LogP contribution in [0.5, 0.6) is 0 Å².